The summed E-state index contributed by atoms with van der Waals surface area (Å²) in [6.45, 7) is 3.68. The molecule has 2 aromatic heterocycles. The van der Waals surface area contributed by atoms with Crippen molar-refractivity contribution in [1.82, 2.24) is 25.6 Å². The molecule has 0 radical (unpaired) electrons. The van der Waals surface area contributed by atoms with Crippen LogP contribution in [0.15, 0.2) is 34.9 Å². The van der Waals surface area contributed by atoms with Crippen LogP contribution in [0.4, 0.5) is 0 Å². The minimum absolute atomic E-state index is 0.0143. The highest BCUT2D eigenvalue weighted by Gasteiger charge is 2.28. The lowest BCUT2D eigenvalue weighted by molar-refractivity contribution is -0.135. The van der Waals surface area contributed by atoms with Gasteiger partial charge in [-0.25, -0.2) is 5.01 Å². The van der Waals surface area contributed by atoms with Crippen LogP contribution in [-0.4, -0.2) is 72.1 Å². The lowest BCUT2D eigenvalue weighted by atomic mass is 9.89. The second kappa shape index (κ2) is 13.3. The van der Waals surface area contributed by atoms with Gasteiger partial charge in [0.2, 0.25) is 11.8 Å². The first-order chi connectivity index (χ1) is 16.8. The van der Waals surface area contributed by atoms with Crippen molar-refractivity contribution in [3.05, 3.63) is 53.2 Å². The number of thioether (sulfide) groups is 1. The molecule has 0 spiro atoms. The van der Waals surface area contributed by atoms with E-state index in [9.17, 15) is 14.4 Å². The molecule has 35 heavy (non-hydrogen) atoms. The smallest absolute Gasteiger partial charge is 0.253 e. The molecule has 1 fully saturated rings. The van der Waals surface area contributed by atoms with E-state index in [2.05, 4.69) is 10.7 Å². The third kappa shape index (κ3) is 8.40. The van der Waals surface area contributed by atoms with Gasteiger partial charge in [-0.3, -0.25) is 24.8 Å². The van der Waals surface area contributed by atoms with Crippen LogP contribution in [-0.2, 0) is 15.3 Å². The van der Waals surface area contributed by atoms with Crippen LogP contribution in [0.5, 0.6) is 0 Å². The Morgan fingerprint density at radius 2 is 1.94 bits per heavy atom. The minimum atomic E-state index is -0.169. The molecule has 0 bridgehead atoms. The second-order valence-corrected chi connectivity index (χ2v) is 9.96. The highest BCUT2D eigenvalue weighted by molar-refractivity contribution is 7.98. The number of furan rings is 1. The van der Waals surface area contributed by atoms with Gasteiger partial charge < -0.3 is 14.6 Å². The van der Waals surface area contributed by atoms with E-state index in [1.807, 2.05) is 36.1 Å². The molecular formula is C25H35N5O4S. The van der Waals surface area contributed by atoms with Gasteiger partial charge in [-0.2, -0.15) is 11.8 Å². The van der Waals surface area contributed by atoms with E-state index in [1.54, 1.807) is 37.1 Å². The third-order valence-electron chi connectivity index (χ3n) is 5.81. The molecule has 0 aliphatic carbocycles. The summed E-state index contributed by atoms with van der Waals surface area (Å²) < 4.78 is 5.32. The summed E-state index contributed by atoms with van der Waals surface area (Å²) in [6.07, 6.45) is 3.50. The molecule has 2 aromatic rings. The number of aromatic nitrogens is 1. The monoisotopic (exact) mass is 501 g/mol. The van der Waals surface area contributed by atoms with Gasteiger partial charge in [0.15, 0.2) is 0 Å². The molecule has 0 atom stereocenters. The van der Waals surface area contributed by atoms with E-state index in [0.29, 0.717) is 25.2 Å². The van der Waals surface area contributed by atoms with E-state index in [-0.39, 0.29) is 36.5 Å². The molecule has 1 saturated heterocycles. The summed E-state index contributed by atoms with van der Waals surface area (Å²) in [5.41, 5.74) is 4.94. The summed E-state index contributed by atoms with van der Waals surface area (Å²) in [4.78, 5) is 43.8. The molecular weight excluding hydrogens is 466 g/mol. The van der Waals surface area contributed by atoms with Crippen LogP contribution in [0.25, 0.3) is 0 Å². The lowest BCUT2D eigenvalue weighted by Crippen LogP contribution is -2.40. The zero-order chi connectivity index (χ0) is 25.2. The van der Waals surface area contributed by atoms with Crippen molar-refractivity contribution in [1.29, 1.82) is 0 Å². The van der Waals surface area contributed by atoms with Gasteiger partial charge in [-0.1, -0.05) is 0 Å². The Kier molecular flexibility index (Phi) is 10.2. The molecule has 190 valence electrons. The number of hydrazine groups is 1. The van der Waals surface area contributed by atoms with Crippen LogP contribution >= 0.6 is 11.8 Å². The topological polar surface area (TPSA) is 108 Å². The largest absolute Gasteiger partial charge is 0.468 e. The number of nitrogens with one attached hydrogen (secondary N) is 2. The van der Waals surface area contributed by atoms with Crippen molar-refractivity contribution in [2.24, 2.45) is 0 Å². The fourth-order valence-corrected chi connectivity index (χ4v) is 4.82. The Morgan fingerprint density at radius 3 is 2.63 bits per heavy atom. The van der Waals surface area contributed by atoms with Crippen LogP contribution < -0.4 is 10.7 Å². The average molecular weight is 502 g/mol. The molecule has 3 amide bonds. The van der Waals surface area contributed by atoms with Gasteiger partial charge >= 0.3 is 0 Å². The molecule has 1 aliphatic heterocycles. The molecule has 1 aliphatic rings. The van der Waals surface area contributed by atoms with Gasteiger partial charge in [0, 0.05) is 63.9 Å². The first-order valence-electron chi connectivity index (χ1n) is 11.9. The number of aryl methyl sites for hydroxylation is 1. The Hall–Kier alpha value is -2.85. The zero-order valence-electron chi connectivity index (χ0n) is 20.7. The number of likely N-dealkylation sites (tertiary alicyclic amines) is 1. The fourth-order valence-electron chi connectivity index (χ4n) is 4.07. The van der Waals surface area contributed by atoms with Crippen LogP contribution in [0.1, 0.15) is 59.1 Å². The maximum atomic E-state index is 12.9. The number of rotatable bonds is 11. The first-order valence-corrected chi connectivity index (χ1v) is 13.1. The summed E-state index contributed by atoms with van der Waals surface area (Å²) in [5.74, 6) is 2.30. The average Bonchev–Trinajstić information content (AvgIpc) is 3.35. The van der Waals surface area contributed by atoms with Gasteiger partial charge in [0.25, 0.3) is 5.91 Å². The quantitative estimate of drug-likeness (QED) is 0.360. The van der Waals surface area contributed by atoms with E-state index >= 15 is 0 Å². The normalized spacial score (nSPS) is 14.2. The molecule has 3 heterocycles. The number of hydrogen-bond acceptors (Lipinski definition) is 7. The van der Waals surface area contributed by atoms with E-state index in [1.165, 1.54) is 0 Å². The standard InChI is InChI=1S/C25H35N5O4S/c1-18-6-7-21(25(33)26-12-16-35-17-20-5-4-15-34-20)24(27-18)19-10-13-30(14-11-19)23(32)9-8-22(31)28-29(2)3/h4-7,15,19H,8-14,16-17H2,1-3H3,(H,26,33)(H,28,31). The van der Waals surface area contributed by atoms with Crippen molar-refractivity contribution in [3.8, 4) is 0 Å². The van der Waals surface area contributed by atoms with Crippen molar-refractivity contribution in [2.45, 2.75) is 44.3 Å². The number of pyridine rings is 1. The summed E-state index contributed by atoms with van der Waals surface area (Å²) in [6, 6.07) is 7.52. The predicted octanol–water partition coefficient (Wildman–Crippen LogP) is 2.73. The van der Waals surface area contributed by atoms with Crippen molar-refractivity contribution < 1.29 is 18.8 Å². The number of nitrogens with zero attached hydrogens (tertiary/aromatic N) is 3. The maximum Gasteiger partial charge on any atom is 0.253 e. The summed E-state index contributed by atoms with van der Waals surface area (Å²) >= 11 is 1.71. The van der Waals surface area contributed by atoms with E-state index < -0.39 is 0 Å². The van der Waals surface area contributed by atoms with Crippen LogP contribution in [0.2, 0.25) is 0 Å². The molecule has 10 heteroatoms. The minimum Gasteiger partial charge on any atom is -0.468 e. The molecule has 0 saturated carbocycles. The van der Waals surface area contributed by atoms with Gasteiger partial charge in [-0.15, -0.1) is 0 Å². The number of amides is 3. The van der Waals surface area contributed by atoms with E-state index in [4.69, 9.17) is 9.40 Å². The van der Waals surface area contributed by atoms with Gasteiger partial charge in [0.05, 0.1) is 23.3 Å². The highest BCUT2D eigenvalue weighted by atomic mass is 32.2. The Balaban J connectivity index is 1.49. The Bertz CT molecular complexity index is 988. The fraction of sp³-hybridized carbons (Fsp3) is 0.520. The Morgan fingerprint density at radius 1 is 1.17 bits per heavy atom. The number of piperidine rings is 1. The molecule has 3 rings (SSSR count). The highest BCUT2D eigenvalue weighted by Crippen LogP contribution is 2.30. The number of carbonyl (C=O) groups excluding carboxylic acids is 3. The third-order valence-corrected chi connectivity index (χ3v) is 6.80. The summed E-state index contributed by atoms with van der Waals surface area (Å²) in [5, 5.41) is 4.58. The van der Waals surface area contributed by atoms with Crippen LogP contribution in [0.3, 0.4) is 0 Å². The molecule has 0 aromatic carbocycles. The molecule has 9 nitrogen and oxygen atoms in total. The number of hydrogen-bond donors (Lipinski definition) is 2. The van der Waals surface area contributed by atoms with Crippen molar-refractivity contribution in [2.75, 3.05) is 39.5 Å². The Labute approximate surface area is 211 Å². The van der Waals surface area contributed by atoms with Gasteiger partial charge in [-0.05, 0) is 44.0 Å². The van der Waals surface area contributed by atoms with Crippen molar-refractivity contribution in [3.63, 3.8) is 0 Å². The maximum absolute atomic E-state index is 12.9. The number of carbonyl (C=O) groups is 3. The SMILES string of the molecule is Cc1ccc(C(=O)NCCSCc2ccco2)c(C2CCN(C(=O)CCC(=O)NN(C)C)CC2)n1. The summed E-state index contributed by atoms with van der Waals surface area (Å²) in [7, 11) is 3.47. The van der Waals surface area contributed by atoms with Gasteiger partial charge in [0.1, 0.15) is 5.76 Å². The van der Waals surface area contributed by atoms with E-state index in [0.717, 1.165) is 41.5 Å². The lowest BCUT2D eigenvalue weighted by Gasteiger charge is -2.32. The zero-order valence-corrected chi connectivity index (χ0v) is 21.5. The van der Waals surface area contributed by atoms with Crippen molar-refractivity contribution >= 4 is 29.5 Å². The predicted molar refractivity (Wildman–Crippen MR) is 136 cm³/mol. The first kappa shape index (κ1) is 26.7. The molecule has 2 N–H and O–H groups in total. The second-order valence-electron chi connectivity index (χ2n) is 8.86. The van der Waals surface area contributed by atoms with Crippen LogP contribution in [0, 0.1) is 6.92 Å². The molecule has 0 unspecified atom stereocenters.